The van der Waals surface area contributed by atoms with Gasteiger partial charge in [0, 0.05) is 49.8 Å². The number of morpholine rings is 1. The van der Waals surface area contributed by atoms with Crippen LogP contribution in [0.5, 0.6) is 0 Å². The third-order valence-corrected chi connectivity index (χ3v) is 7.39. The topological polar surface area (TPSA) is 76.5 Å². The van der Waals surface area contributed by atoms with Crippen LogP contribution in [0.1, 0.15) is 27.9 Å². The SMILES string of the molecule is Cc1ccc(NC(=O)c2ccnc(N3CCOCC3)c2)cc1N1C=Nc2c(cccc2N(C)CCCN(C)C)C1. The van der Waals surface area contributed by atoms with Gasteiger partial charge in [-0.1, -0.05) is 18.2 Å². The van der Waals surface area contributed by atoms with Crippen molar-refractivity contribution in [2.45, 2.75) is 19.9 Å². The molecule has 2 aliphatic rings. The van der Waals surface area contributed by atoms with E-state index in [1.807, 2.05) is 30.6 Å². The minimum absolute atomic E-state index is 0.161. The van der Waals surface area contributed by atoms with E-state index in [4.69, 9.17) is 9.73 Å². The smallest absolute Gasteiger partial charge is 0.255 e. The third-order valence-electron chi connectivity index (χ3n) is 7.39. The molecule has 3 heterocycles. The van der Waals surface area contributed by atoms with Gasteiger partial charge in [0.15, 0.2) is 0 Å². The number of aryl methyl sites for hydroxylation is 1. The summed E-state index contributed by atoms with van der Waals surface area (Å²) in [6, 6.07) is 16.0. The van der Waals surface area contributed by atoms with Crippen molar-refractivity contribution in [3.05, 3.63) is 71.4 Å². The predicted octanol–water partition coefficient (Wildman–Crippen LogP) is 4.55. The van der Waals surface area contributed by atoms with Crippen LogP contribution in [0.2, 0.25) is 0 Å². The minimum Gasteiger partial charge on any atom is -0.378 e. The number of nitrogens with one attached hydrogen (secondary N) is 1. The Morgan fingerprint density at radius 3 is 2.67 bits per heavy atom. The molecule has 3 aromatic rings. The van der Waals surface area contributed by atoms with Crippen molar-refractivity contribution in [2.24, 2.45) is 4.99 Å². The number of hydrogen-bond donors (Lipinski definition) is 1. The van der Waals surface area contributed by atoms with Crippen LogP contribution in [0.15, 0.2) is 59.7 Å². The Labute approximate surface area is 237 Å². The van der Waals surface area contributed by atoms with Crippen LogP contribution in [0.25, 0.3) is 0 Å². The summed E-state index contributed by atoms with van der Waals surface area (Å²) >= 11 is 0. The molecule has 210 valence electrons. The molecule has 1 saturated heterocycles. The van der Waals surface area contributed by atoms with Crippen LogP contribution >= 0.6 is 0 Å². The normalized spacial score (nSPS) is 14.8. The highest BCUT2D eigenvalue weighted by Gasteiger charge is 2.20. The van der Waals surface area contributed by atoms with Crippen molar-refractivity contribution in [1.82, 2.24) is 9.88 Å². The fourth-order valence-electron chi connectivity index (χ4n) is 5.13. The summed E-state index contributed by atoms with van der Waals surface area (Å²) in [7, 11) is 6.34. The predicted molar refractivity (Wildman–Crippen MR) is 164 cm³/mol. The lowest BCUT2D eigenvalue weighted by molar-refractivity contribution is 0.102. The zero-order valence-corrected chi connectivity index (χ0v) is 23.9. The second-order valence-electron chi connectivity index (χ2n) is 10.7. The Bertz CT molecular complexity index is 1370. The van der Waals surface area contributed by atoms with Gasteiger partial charge in [-0.05, 0) is 75.4 Å². The molecule has 0 spiro atoms. The second kappa shape index (κ2) is 12.5. The highest BCUT2D eigenvalue weighted by Crippen LogP contribution is 2.37. The summed E-state index contributed by atoms with van der Waals surface area (Å²) in [6.07, 6.45) is 4.69. The molecule has 0 aliphatic carbocycles. The number of carbonyl (C=O) groups is 1. The largest absolute Gasteiger partial charge is 0.378 e. The van der Waals surface area contributed by atoms with E-state index in [9.17, 15) is 4.79 Å². The molecule has 0 bridgehead atoms. The molecule has 1 N–H and O–H groups in total. The van der Waals surface area contributed by atoms with Gasteiger partial charge in [-0.2, -0.15) is 0 Å². The first kappa shape index (κ1) is 27.6. The van der Waals surface area contributed by atoms with Crippen molar-refractivity contribution in [1.29, 1.82) is 0 Å². The summed E-state index contributed by atoms with van der Waals surface area (Å²) in [5.41, 5.74) is 6.81. The molecule has 0 atom stereocenters. The lowest BCUT2D eigenvalue weighted by Crippen LogP contribution is -2.36. The number of nitrogens with zero attached hydrogens (tertiary/aromatic N) is 6. The van der Waals surface area contributed by atoms with Crippen LogP contribution in [0, 0.1) is 6.92 Å². The van der Waals surface area contributed by atoms with Gasteiger partial charge >= 0.3 is 0 Å². The van der Waals surface area contributed by atoms with Gasteiger partial charge in [0.2, 0.25) is 0 Å². The number of fused-ring (bicyclic) bond motifs is 1. The van der Waals surface area contributed by atoms with E-state index in [-0.39, 0.29) is 5.91 Å². The number of para-hydroxylation sites is 1. The van der Waals surface area contributed by atoms with Gasteiger partial charge in [0.1, 0.15) is 5.82 Å². The zero-order valence-electron chi connectivity index (χ0n) is 23.9. The van der Waals surface area contributed by atoms with Gasteiger partial charge < -0.3 is 29.7 Å². The van der Waals surface area contributed by atoms with E-state index in [0.29, 0.717) is 25.3 Å². The molecular weight excluding hydrogens is 502 g/mol. The number of pyridine rings is 1. The molecule has 1 fully saturated rings. The molecule has 9 nitrogen and oxygen atoms in total. The molecule has 9 heteroatoms. The number of hydrogen-bond acceptors (Lipinski definition) is 8. The van der Waals surface area contributed by atoms with Gasteiger partial charge in [0.25, 0.3) is 5.91 Å². The number of aromatic nitrogens is 1. The van der Waals surface area contributed by atoms with Crippen molar-refractivity contribution < 1.29 is 9.53 Å². The van der Waals surface area contributed by atoms with Crippen LogP contribution in [0.4, 0.5) is 28.6 Å². The third kappa shape index (κ3) is 6.43. The van der Waals surface area contributed by atoms with Crippen LogP contribution in [0.3, 0.4) is 0 Å². The number of anilines is 4. The van der Waals surface area contributed by atoms with E-state index < -0.39 is 0 Å². The second-order valence-corrected chi connectivity index (χ2v) is 10.7. The first-order valence-electron chi connectivity index (χ1n) is 13.9. The lowest BCUT2D eigenvalue weighted by Gasteiger charge is -2.29. The summed E-state index contributed by atoms with van der Waals surface area (Å²) in [5, 5.41) is 3.07. The maximum absolute atomic E-state index is 13.2. The van der Waals surface area contributed by atoms with Gasteiger partial charge in [-0.3, -0.25) is 4.79 Å². The van der Waals surface area contributed by atoms with E-state index in [0.717, 1.165) is 66.7 Å². The molecule has 0 saturated carbocycles. The summed E-state index contributed by atoms with van der Waals surface area (Å²) in [5.74, 6) is 0.637. The standard InChI is InChI=1S/C31H39N7O2/c1-23-9-10-26(34-31(39)24-11-12-32-29(19-24)37-15-17-40-18-16-37)20-28(23)38-21-25-7-5-8-27(30(25)33-22-38)36(4)14-6-13-35(2)3/h5,7-12,19-20,22H,6,13-18,21H2,1-4H3,(H,34,39). The van der Waals surface area contributed by atoms with Crippen LogP contribution in [-0.2, 0) is 11.3 Å². The van der Waals surface area contributed by atoms with Gasteiger partial charge in [-0.25, -0.2) is 9.98 Å². The van der Waals surface area contributed by atoms with E-state index in [2.05, 4.69) is 76.2 Å². The molecule has 2 aromatic carbocycles. The Kier molecular flexibility index (Phi) is 8.62. The van der Waals surface area contributed by atoms with Crippen LogP contribution in [-0.4, -0.2) is 82.7 Å². The molecule has 0 unspecified atom stereocenters. The van der Waals surface area contributed by atoms with Crippen molar-refractivity contribution in [3.63, 3.8) is 0 Å². The Hall–Kier alpha value is -3.95. The molecular formula is C31H39N7O2. The average Bonchev–Trinajstić information content (AvgIpc) is 2.97. The van der Waals surface area contributed by atoms with Gasteiger partial charge in [-0.15, -0.1) is 0 Å². The lowest BCUT2D eigenvalue weighted by atomic mass is 10.1. The van der Waals surface area contributed by atoms with Crippen LogP contribution < -0.4 is 20.0 Å². The monoisotopic (exact) mass is 541 g/mol. The number of rotatable bonds is 9. The Morgan fingerprint density at radius 1 is 1.05 bits per heavy atom. The summed E-state index contributed by atoms with van der Waals surface area (Å²) in [6.45, 7) is 7.70. The first-order chi connectivity index (χ1) is 19.4. The first-order valence-corrected chi connectivity index (χ1v) is 13.9. The average molecular weight is 542 g/mol. The molecule has 0 radical (unpaired) electrons. The molecule has 2 aliphatic heterocycles. The number of ether oxygens (including phenoxy) is 1. The quantitative estimate of drug-likeness (QED) is 0.426. The number of amides is 1. The number of aliphatic imine (C=N–C) groups is 1. The number of carbonyl (C=O) groups excluding carboxylic acids is 1. The maximum Gasteiger partial charge on any atom is 0.255 e. The van der Waals surface area contributed by atoms with Crippen molar-refractivity contribution >= 4 is 40.8 Å². The van der Waals surface area contributed by atoms with E-state index in [1.165, 1.54) is 5.56 Å². The van der Waals surface area contributed by atoms with Crippen molar-refractivity contribution in [2.75, 3.05) is 80.6 Å². The summed E-state index contributed by atoms with van der Waals surface area (Å²) in [4.78, 5) is 31.3. The highest BCUT2D eigenvalue weighted by atomic mass is 16.5. The highest BCUT2D eigenvalue weighted by molar-refractivity contribution is 6.05. The number of benzene rings is 2. The van der Waals surface area contributed by atoms with E-state index in [1.54, 1.807) is 12.3 Å². The zero-order chi connectivity index (χ0) is 28.1. The Balaban J connectivity index is 1.29. The minimum atomic E-state index is -0.161. The molecule has 40 heavy (non-hydrogen) atoms. The fraction of sp³-hybridized carbons (Fsp3) is 0.387. The molecule has 1 aromatic heterocycles. The molecule has 5 rings (SSSR count). The Morgan fingerprint density at radius 2 is 1.88 bits per heavy atom. The fourth-order valence-corrected chi connectivity index (χ4v) is 5.13. The maximum atomic E-state index is 13.2. The van der Waals surface area contributed by atoms with Crippen molar-refractivity contribution in [3.8, 4) is 0 Å². The summed E-state index contributed by atoms with van der Waals surface area (Å²) < 4.78 is 5.44. The molecule has 1 amide bonds. The van der Waals surface area contributed by atoms with E-state index >= 15 is 0 Å². The van der Waals surface area contributed by atoms with Gasteiger partial charge in [0.05, 0.1) is 37.5 Å².